The lowest BCUT2D eigenvalue weighted by Crippen LogP contribution is -2.33. The third-order valence-electron chi connectivity index (χ3n) is 10.8. The summed E-state index contributed by atoms with van der Waals surface area (Å²) in [6.07, 6.45) is 0. The maximum Gasteiger partial charge on any atom is 0.132 e. The molecule has 4 aliphatic rings. The van der Waals surface area contributed by atoms with Crippen LogP contribution in [0.15, 0.2) is 158 Å². The summed E-state index contributed by atoms with van der Waals surface area (Å²) in [6, 6.07) is 57.3. The van der Waals surface area contributed by atoms with Crippen LogP contribution < -0.4 is 9.47 Å². The quantitative estimate of drug-likeness (QED) is 0.176. The lowest BCUT2D eigenvalue weighted by atomic mass is 9.64. The highest BCUT2D eigenvalue weighted by Gasteiger charge is 2.55. The molecule has 2 heteroatoms. The Bertz CT molecular complexity index is 2190. The van der Waals surface area contributed by atoms with Crippen molar-refractivity contribution in [3.63, 3.8) is 0 Å². The molecule has 0 saturated heterocycles. The number of hydrogen-bond donors (Lipinski definition) is 0. The molecule has 0 aromatic heterocycles. The highest BCUT2D eigenvalue weighted by molar-refractivity contribution is 5.96. The van der Waals surface area contributed by atoms with Gasteiger partial charge in [0.15, 0.2) is 0 Å². The van der Waals surface area contributed by atoms with Crippen LogP contribution in [0.3, 0.4) is 0 Å². The first-order chi connectivity index (χ1) is 22.8. The fourth-order valence-corrected chi connectivity index (χ4v) is 9.20. The van der Waals surface area contributed by atoms with E-state index in [0.29, 0.717) is 0 Å². The molecule has 0 saturated carbocycles. The maximum atomic E-state index is 6.60. The van der Waals surface area contributed by atoms with E-state index in [0.717, 1.165) is 23.0 Å². The normalized spacial score (nSPS) is 15.7. The molecule has 46 heavy (non-hydrogen) atoms. The van der Waals surface area contributed by atoms with Gasteiger partial charge in [-0.1, -0.05) is 121 Å². The van der Waals surface area contributed by atoms with Crippen molar-refractivity contribution in [3.05, 3.63) is 202 Å². The topological polar surface area (TPSA) is 18.5 Å². The van der Waals surface area contributed by atoms with Crippen molar-refractivity contribution >= 4 is 0 Å². The second kappa shape index (κ2) is 8.44. The summed E-state index contributed by atoms with van der Waals surface area (Å²) in [4.78, 5) is 0. The van der Waals surface area contributed by atoms with Gasteiger partial charge < -0.3 is 9.47 Å². The van der Waals surface area contributed by atoms with Gasteiger partial charge in [0.2, 0.25) is 0 Å². The zero-order valence-electron chi connectivity index (χ0n) is 24.8. The van der Waals surface area contributed by atoms with Gasteiger partial charge >= 0.3 is 0 Å². The summed E-state index contributed by atoms with van der Waals surface area (Å²) >= 11 is 0. The first kappa shape index (κ1) is 24.5. The van der Waals surface area contributed by atoms with E-state index >= 15 is 0 Å². The Morgan fingerprint density at radius 3 is 0.891 bits per heavy atom. The van der Waals surface area contributed by atoms with Gasteiger partial charge in [-0.05, 0) is 80.9 Å². The molecule has 11 rings (SSSR count). The van der Waals surface area contributed by atoms with E-state index in [1.807, 2.05) is 0 Å². The van der Waals surface area contributed by atoms with Crippen LogP contribution in [0.1, 0.15) is 44.5 Å². The number of rotatable bonds is 0. The molecule has 0 bridgehead atoms. The van der Waals surface area contributed by atoms with E-state index in [1.54, 1.807) is 0 Å². The van der Waals surface area contributed by atoms with Gasteiger partial charge in [-0.2, -0.15) is 0 Å². The van der Waals surface area contributed by atoms with Gasteiger partial charge in [-0.25, -0.2) is 0 Å². The van der Waals surface area contributed by atoms with Crippen LogP contribution in [0.5, 0.6) is 23.0 Å². The van der Waals surface area contributed by atoms with Gasteiger partial charge in [0.25, 0.3) is 0 Å². The Hall–Kier alpha value is -5.86. The number of ether oxygens (including phenoxy) is 2. The molecule has 7 aromatic carbocycles. The molecule has 214 valence electrons. The lowest BCUT2D eigenvalue weighted by Gasteiger charge is -2.40. The molecule has 0 atom stereocenters. The van der Waals surface area contributed by atoms with E-state index in [2.05, 4.69) is 158 Å². The van der Waals surface area contributed by atoms with Gasteiger partial charge in [-0.15, -0.1) is 0 Å². The van der Waals surface area contributed by atoms with Crippen molar-refractivity contribution in [1.82, 2.24) is 0 Å². The van der Waals surface area contributed by atoms with E-state index < -0.39 is 10.8 Å². The Kier molecular flexibility index (Phi) is 4.49. The van der Waals surface area contributed by atoms with Crippen LogP contribution in [0, 0.1) is 0 Å². The predicted octanol–water partition coefficient (Wildman–Crippen LogP) is 10.6. The summed E-state index contributed by atoms with van der Waals surface area (Å²) in [6.45, 7) is 0. The van der Waals surface area contributed by atoms with E-state index in [-0.39, 0.29) is 0 Å². The van der Waals surface area contributed by atoms with Crippen molar-refractivity contribution in [1.29, 1.82) is 0 Å². The zero-order chi connectivity index (χ0) is 30.0. The van der Waals surface area contributed by atoms with Crippen LogP contribution >= 0.6 is 0 Å². The van der Waals surface area contributed by atoms with Crippen molar-refractivity contribution in [2.45, 2.75) is 10.8 Å². The molecule has 0 amide bonds. The Morgan fingerprint density at radius 2 is 0.543 bits per heavy atom. The average Bonchev–Trinajstić information content (AvgIpc) is 3.56. The summed E-state index contributed by atoms with van der Waals surface area (Å²) in [5, 5.41) is 0. The molecule has 2 spiro atoms. The van der Waals surface area contributed by atoms with Crippen LogP contribution in [0.2, 0.25) is 0 Å². The van der Waals surface area contributed by atoms with Crippen molar-refractivity contribution in [2.75, 3.05) is 0 Å². The van der Waals surface area contributed by atoms with Crippen molar-refractivity contribution in [2.24, 2.45) is 0 Å². The third kappa shape index (κ3) is 2.68. The molecule has 2 heterocycles. The first-order valence-corrected chi connectivity index (χ1v) is 15.9. The molecular formula is C44H26O2. The number of para-hydroxylation sites is 4. The van der Waals surface area contributed by atoms with Crippen LogP contribution in [-0.4, -0.2) is 0 Å². The summed E-state index contributed by atoms with van der Waals surface area (Å²) in [5.41, 5.74) is 14.0. The molecule has 7 aromatic rings. The Balaban J connectivity index is 1.33. The number of fused-ring (bicyclic) bond motifs is 18. The van der Waals surface area contributed by atoms with Crippen LogP contribution in [-0.2, 0) is 10.8 Å². The van der Waals surface area contributed by atoms with Crippen molar-refractivity contribution < 1.29 is 9.47 Å². The fraction of sp³-hybridized carbons (Fsp3) is 0.0455. The molecule has 0 fully saturated rings. The predicted molar refractivity (Wildman–Crippen MR) is 181 cm³/mol. The minimum absolute atomic E-state index is 0.511. The van der Waals surface area contributed by atoms with Gasteiger partial charge in [-0.3, -0.25) is 0 Å². The van der Waals surface area contributed by atoms with Gasteiger partial charge in [0.1, 0.15) is 23.0 Å². The van der Waals surface area contributed by atoms with Crippen LogP contribution in [0.4, 0.5) is 0 Å². The van der Waals surface area contributed by atoms with Gasteiger partial charge in [0.05, 0.1) is 10.8 Å². The summed E-state index contributed by atoms with van der Waals surface area (Å²) < 4.78 is 13.2. The molecule has 2 aliphatic carbocycles. The third-order valence-corrected chi connectivity index (χ3v) is 10.8. The van der Waals surface area contributed by atoms with E-state index in [1.165, 1.54) is 66.8 Å². The zero-order valence-corrected chi connectivity index (χ0v) is 24.8. The monoisotopic (exact) mass is 586 g/mol. The number of hydrogen-bond acceptors (Lipinski definition) is 2. The lowest BCUT2D eigenvalue weighted by molar-refractivity contribution is 0.435. The highest BCUT2D eigenvalue weighted by atomic mass is 16.5. The second-order valence-corrected chi connectivity index (χ2v) is 12.7. The average molecular weight is 587 g/mol. The largest absolute Gasteiger partial charge is 0.457 e. The van der Waals surface area contributed by atoms with Crippen LogP contribution in [0.25, 0.3) is 22.3 Å². The molecule has 0 unspecified atom stereocenters. The smallest absolute Gasteiger partial charge is 0.132 e. The Morgan fingerprint density at radius 1 is 0.261 bits per heavy atom. The van der Waals surface area contributed by atoms with Crippen molar-refractivity contribution in [3.8, 4) is 45.3 Å². The Labute approximate surface area is 267 Å². The van der Waals surface area contributed by atoms with E-state index in [4.69, 9.17) is 9.47 Å². The SMILES string of the molecule is c1ccc2c(c1)Oc1ccccc1C21c2ccccc2-c2cc3c(cc21)-c1ccccc1C31c2ccccc2Oc2ccccc21. The maximum absolute atomic E-state index is 6.60. The van der Waals surface area contributed by atoms with E-state index in [9.17, 15) is 0 Å². The second-order valence-electron chi connectivity index (χ2n) is 12.7. The molecular weight excluding hydrogens is 560 g/mol. The standard InChI is InChI=1S/C44H26O2/c1-3-15-31-27(13-1)29-25-38-30(26-37(29)43(31)33-17-5-9-21-39(33)45-40-22-10-6-18-34(40)43)28-14-2-4-16-32(28)44(38)35-19-7-11-23-41(35)46-42-24-12-8-20-36(42)44/h1-26H. The highest BCUT2D eigenvalue weighted by Crippen LogP contribution is 2.67. The summed E-state index contributed by atoms with van der Waals surface area (Å²) in [5.74, 6) is 3.64. The number of benzene rings is 7. The minimum atomic E-state index is -0.511. The van der Waals surface area contributed by atoms with Gasteiger partial charge in [0, 0.05) is 22.3 Å². The molecule has 2 aliphatic heterocycles. The molecule has 0 N–H and O–H groups in total. The minimum Gasteiger partial charge on any atom is -0.457 e. The fourth-order valence-electron chi connectivity index (χ4n) is 9.20. The molecule has 0 radical (unpaired) electrons. The molecule has 2 nitrogen and oxygen atoms in total. The first-order valence-electron chi connectivity index (χ1n) is 15.9. The summed E-state index contributed by atoms with van der Waals surface area (Å²) in [7, 11) is 0.